The molecule has 1 aromatic rings. The molecular weight excluding hydrogens is 722 g/mol. The number of likely N-dealkylation sites (tertiary alicyclic amines) is 1. The Kier molecular flexibility index (Phi) is 14.2. The second-order valence-electron chi connectivity index (χ2n) is 15.9. The lowest BCUT2D eigenvalue weighted by Crippen LogP contribution is -2.46. The molecule has 2 aliphatic heterocycles. The first-order valence-electron chi connectivity index (χ1n) is 18.8. The van der Waals surface area contributed by atoms with Crippen LogP contribution in [0.2, 0.25) is 0 Å². The second kappa shape index (κ2) is 18.0. The largest absolute Gasteiger partial charge is 0.460 e. The Balaban J connectivity index is 1.59. The van der Waals surface area contributed by atoms with E-state index in [2.05, 4.69) is 4.72 Å². The molecule has 1 saturated carbocycles. The number of ketones is 2. The highest BCUT2D eigenvalue weighted by atomic mass is 32.2. The fourth-order valence-corrected chi connectivity index (χ4v) is 8.21. The van der Waals surface area contributed by atoms with Gasteiger partial charge in [0, 0.05) is 43.2 Å². The summed E-state index contributed by atoms with van der Waals surface area (Å²) in [6, 6.07) is 3.39. The van der Waals surface area contributed by atoms with Crippen LogP contribution in [-0.2, 0) is 56.6 Å². The predicted octanol–water partition coefficient (Wildman–Crippen LogP) is 5.28. The zero-order chi connectivity index (χ0) is 40.0. The van der Waals surface area contributed by atoms with Crippen LogP contribution in [0.25, 0.3) is 0 Å². The van der Waals surface area contributed by atoms with Gasteiger partial charge in [-0.3, -0.25) is 33.6 Å². The molecule has 0 radical (unpaired) electrons. The molecule has 1 unspecified atom stereocenters. The number of esters is 1. The SMILES string of the molecule is CCCCC(CC(=O)[C@@H]1C[C@@H](OC(=O)N2Cc3cccc(F)c3C2)CN1C(=O)[C@H](CCC(=O)C=C(C)C)CC(=O)OC(C)(C)C)C(=O)NS(=O)(=O)C1CC1. The maximum Gasteiger partial charge on any atom is 0.410 e. The van der Waals surface area contributed by atoms with Crippen molar-refractivity contribution in [2.45, 2.75) is 142 Å². The van der Waals surface area contributed by atoms with Crippen molar-refractivity contribution in [3.63, 3.8) is 0 Å². The Labute approximate surface area is 317 Å². The molecule has 2 heterocycles. The van der Waals surface area contributed by atoms with Crippen LogP contribution in [0.3, 0.4) is 0 Å². The van der Waals surface area contributed by atoms with E-state index in [9.17, 15) is 41.6 Å². The van der Waals surface area contributed by atoms with Crippen LogP contribution in [0.1, 0.15) is 117 Å². The fourth-order valence-electron chi connectivity index (χ4n) is 6.84. The average Bonchev–Trinajstić information content (AvgIpc) is 3.71. The van der Waals surface area contributed by atoms with Crippen LogP contribution in [0.4, 0.5) is 9.18 Å². The summed E-state index contributed by atoms with van der Waals surface area (Å²) < 4.78 is 53.1. The molecule has 54 heavy (non-hydrogen) atoms. The van der Waals surface area contributed by atoms with E-state index in [0.29, 0.717) is 36.8 Å². The minimum atomic E-state index is -3.88. The molecule has 15 heteroatoms. The van der Waals surface area contributed by atoms with Crippen LogP contribution in [0.15, 0.2) is 29.8 Å². The number of unbranched alkanes of at least 4 members (excludes halogenated alkanes) is 1. The van der Waals surface area contributed by atoms with Gasteiger partial charge in [0.2, 0.25) is 21.8 Å². The number of rotatable bonds is 17. The number of benzene rings is 1. The van der Waals surface area contributed by atoms with Crippen molar-refractivity contribution < 1.29 is 51.0 Å². The molecule has 13 nitrogen and oxygen atoms in total. The topological polar surface area (TPSA) is 174 Å². The lowest BCUT2D eigenvalue weighted by Gasteiger charge is -2.29. The number of fused-ring (bicyclic) bond motifs is 1. The Morgan fingerprint density at radius 3 is 2.33 bits per heavy atom. The third kappa shape index (κ3) is 11.9. The molecule has 1 N–H and O–H groups in total. The second-order valence-corrected chi connectivity index (χ2v) is 17.9. The standard InChI is InChI=1S/C39H54FN3O10S/c1-7-8-10-25(36(47)41-54(50,51)30-15-16-30)18-34(45)33-20-29(52-38(49)42-21-27-11-9-12-32(40)31(27)23-42)22-43(33)37(48)26(13-14-28(44)17-24(2)3)19-35(46)53-39(4,5)6/h9,11-12,17,25-26,29-30,33H,7-8,10,13-16,18-23H2,1-6H3,(H,41,47)/t25?,26-,29-,33+/m1/s1. The number of ether oxygens (including phenoxy) is 2. The van der Waals surface area contributed by atoms with Gasteiger partial charge in [0.25, 0.3) is 0 Å². The minimum Gasteiger partial charge on any atom is -0.460 e. The summed E-state index contributed by atoms with van der Waals surface area (Å²) >= 11 is 0. The van der Waals surface area contributed by atoms with Gasteiger partial charge < -0.3 is 14.4 Å². The van der Waals surface area contributed by atoms with E-state index < -0.39 is 80.3 Å². The molecule has 1 aliphatic carbocycles. The maximum absolute atomic E-state index is 14.4. The van der Waals surface area contributed by atoms with E-state index in [1.165, 1.54) is 21.9 Å². The lowest BCUT2D eigenvalue weighted by molar-refractivity contribution is -0.159. The molecule has 3 amide bonds. The molecule has 1 aromatic carbocycles. The zero-order valence-corrected chi connectivity index (χ0v) is 33.0. The summed E-state index contributed by atoms with van der Waals surface area (Å²) in [5.74, 6) is -5.37. The van der Waals surface area contributed by atoms with Gasteiger partial charge in [-0.05, 0) is 78.0 Å². The first kappa shape index (κ1) is 42.6. The van der Waals surface area contributed by atoms with Crippen LogP contribution in [0, 0.1) is 17.7 Å². The number of Topliss-reactive ketones (excluding diaryl/α,β-unsaturated/α-hetero) is 1. The fraction of sp³-hybridized carbons (Fsp3) is 0.641. The Morgan fingerprint density at radius 1 is 1.02 bits per heavy atom. The molecular formula is C39H54FN3O10S. The molecule has 3 aliphatic rings. The summed E-state index contributed by atoms with van der Waals surface area (Å²) in [4.78, 5) is 83.5. The van der Waals surface area contributed by atoms with Crippen molar-refractivity contribution in [1.29, 1.82) is 0 Å². The summed E-state index contributed by atoms with van der Waals surface area (Å²) in [5.41, 5.74) is 0.919. The number of nitrogens with zero attached hydrogens (tertiary/aromatic N) is 2. The highest BCUT2D eigenvalue weighted by Crippen LogP contribution is 2.32. The first-order chi connectivity index (χ1) is 25.3. The van der Waals surface area contributed by atoms with Crippen molar-refractivity contribution in [2.24, 2.45) is 11.8 Å². The van der Waals surface area contributed by atoms with E-state index in [1.807, 2.05) is 6.92 Å². The van der Waals surface area contributed by atoms with Gasteiger partial charge in [-0.2, -0.15) is 0 Å². The number of carbonyl (C=O) groups is 6. The van der Waals surface area contributed by atoms with Gasteiger partial charge in [-0.1, -0.05) is 37.5 Å². The zero-order valence-electron chi connectivity index (χ0n) is 32.2. The van der Waals surface area contributed by atoms with Gasteiger partial charge in [0.15, 0.2) is 11.6 Å². The van der Waals surface area contributed by atoms with Gasteiger partial charge in [-0.15, -0.1) is 0 Å². The number of nitrogens with one attached hydrogen (secondary N) is 1. The third-order valence-electron chi connectivity index (χ3n) is 9.67. The van der Waals surface area contributed by atoms with Gasteiger partial charge >= 0.3 is 12.1 Å². The molecule has 2 fully saturated rings. The highest BCUT2D eigenvalue weighted by Gasteiger charge is 2.45. The highest BCUT2D eigenvalue weighted by molar-refractivity contribution is 7.90. The number of sulfonamides is 1. The number of carbonyl (C=O) groups excluding carboxylic acids is 6. The summed E-state index contributed by atoms with van der Waals surface area (Å²) in [6.45, 7) is 10.3. The Bertz CT molecular complexity index is 1750. The summed E-state index contributed by atoms with van der Waals surface area (Å²) in [5, 5.41) is -0.646. The van der Waals surface area contributed by atoms with Crippen LogP contribution in [-0.4, -0.2) is 83.2 Å². The smallest absolute Gasteiger partial charge is 0.410 e. The molecule has 4 rings (SSSR count). The summed E-state index contributed by atoms with van der Waals surface area (Å²) in [6.07, 6.45) is 1.09. The number of hydrogen-bond acceptors (Lipinski definition) is 10. The number of amides is 3. The summed E-state index contributed by atoms with van der Waals surface area (Å²) in [7, 11) is -3.88. The van der Waals surface area contributed by atoms with Gasteiger partial charge in [0.1, 0.15) is 17.5 Å². The average molecular weight is 776 g/mol. The Hall–Kier alpha value is -4.14. The van der Waals surface area contributed by atoms with Crippen LogP contribution >= 0.6 is 0 Å². The van der Waals surface area contributed by atoms with E-state index in [4.69, 9.17) is 9.47 Å². The van der Waals surface area contributed by atoms with Crippen molar-refractivity contribution in [1.82, 2.24) is 14.5 Å². The quantitative estimate of drug-likeness (QED) is 0.162. The molecule has 0 spiro atoms. The minimum absolute atomic E-state index is 0.0196. The lowest BCUT2D eigenvalue weighted by atomic mass is 9.91. The van der Waals surface area contributed by atoms with Crippen LogP contribution in [0.5, 0.6) is 0 Å². The van der Waals surface area contributed by atoms with Crippen LogP contribution < -0.4 is 4.72 Å². The molecule has 0 bridgehead atoms. The Morgan fingerprint density at radius 2 is 1.72 bits per heavy atom. The predicted molar refractivity (Wildman–Crippen MR) is 196 cm³/mol. The number of hydrogen-bond donors (Lipinski definition) is 1. The monoisotopic (exact) mass is 775 g/mol. The van der Waals surface area contributed by atoms with Crippen molar-refractivity contribution in [2.75, 3.05) is 6.54 Å². The number of allylic oxidation sites excluding steroid dienone is 2. The maximum atomic E-state index is 14.4. The molecule has 0 aromatic heterocycles. The van der Waals surface area contributed by atoms with Gasteiger partial charge in [0.05, 0.1) is 30.8 Å². The molecule has 4 atom stereocenters. The number of halogens is 1. The van der Waals surface area contributed by atoms with Crippen molar-refractivity contribution in [3.05, 3.63) is 46.8 Å². The van der Waals surface area contributed by atoms with Gasteiger partial charge in [-0.25, -0.2) is 17.6 Å². The van der Waals surface area contributed by atoms with E-state index in [-0.39, 0.29) is 63.9 Å². The first-order valence-corrected chi connectivity index (χ1v) is 20.3. The normalized spacial score (nSPS) is 19.4. The van der Waals surface area contributed by atoms with Crippen molar-refractivity contribution >= 4 is 45.5 Å². The van der Waals surface area contributed by atoms with E-state index in [0.717, 1.165) is 5.57 Å². The van der Waals surface area contributed by atoms with E-state index in [1.54, 1.807) is 46.8 Å². The third-order valence-corrected chi connectivity index (χ3v) is 11.5. The van der Waals surface area contributed by atoms with E-state index >= 15 is 0 Å². The van der Waals surface area contributed by atoms with Crippen molar-refractivity contribution in [3.8, 4) is 0 Å². The molecule has 298 valence electrons. The molecule has 1 saturated heterocycles.